The van der Waals surface area contributed by atoms with Crippen LogP contribution in [0.1, 0.15) is 0 Å². The maximum Gasteiger partial charge on any atom is -0.693 e. The van der Waals surface area contributed by atoms with Crippen LogP contribution in [-0.4, -0.2) is 0 Å². The summed E-state index contributed by atoms with van der Waals surface area (Å²) in [6.45, 7) is 0. The SMILES string of the molecule is [Cl][Ru+2].[NH2-].[NH2-].[NH2-].[NH2-].[NH2-].[NH2-]. The van der Waals surface area contributed by atoms with Crippen LogP contribution in [0.25, 0.3) is 36.9 Å². The average molecular weight is 233 g/mol. The monoisotopic (exact) mass is 233 g/mol. The Morgan fingerprint density at radius 3 is 0.500 bits per heavy atom. The van der Waals surface area contributed by atoms with E-state index in [0.29, 0.717) is 0 Å². The van der Waals surface area contributed by atoms with Gasteiger partial charge in [-0.25, -0.2) is 0 Å². The van der Waals surface area contributed by atoms with Gasteiger partial charge in [-0.2, -0.15) is 0 Å². The molecule has 0 radical (unpaired) electrons. The van der Waals surface area contributed by atoms with Crippen LogP contribution in [0, 0.1) is 0 Å². The van der Waals surface area contributed by atoms with Gasteiger partial charge in [0.1, 0.15) is 0 Å². The molecule has 0 fully saturated rings. The standard InChI is InChI=1S/ClH.6H2N.Ru/h1H;6*1H2;/q;6*-1;+3/p-1. The quantitative estimate of drug-likeness (QED) is 0.506. The van der Waals surface area contributed by atoms with Crippen LogP contribution in [-0.2, 0) is 17.3 Å². The fourth-order valence-electron chi connectivity index (χ4n) is 0. The molecule has 0 aliphatic heterocycles. The molecule has 0 spiro atoms. The minimum Gasteiger partial charge on any atom is -0.693 e. The fraction of sp³-hybridized carbons (Fsp3) is 0. The van der Waals surface area contributed by atoms with Crippen molar-refractivity contribution in [3.8, 4) is 0 Å². The van der Waals surface area contributed by atoms with Gasteiger partial charge in [0.05, 0.1) is 0 Å². The van der Waals surface area contributed by atoms with E-state index in [0.717, 1.165) is 0 Å². The van der Waals surface area contributed by atoms with Crippen molar-refractivity contribution in [1.29, 1.82) is 0 Å². The van der Waals surface area contributed by atoms with Gasteiger partial charge in [0.25, 0.3) is 0 Å². The Morgan fingerprint density at radius 1 is 0.500 bits per heavy atom. The summed E-state index contributed by atoms with van der Waals surface area (Å²) in [5, 5.41) is 0. The number of hydrogen-bond acceptors (Lipinski definition) is 0. The molecular weight excluding hydrogens is 221 g/mol. The fourth-order valence-corrected chi connectivity index (χ4v) is 0. The molecule has 8 heavy (non-hydrogen) atoms. The first-order valence-electron chi connectivity index (χ1n) is 0.134. The molecule has 0 aromatic rings. The average Bonchev–Trinajstić information content (AvgIpc) is 1.00. The van der Waals surface area contributed by atoms with Crippen molar-refractivity contribution in [3.05, 3.63) is 36.9 Å². The molecule has 0 saturated heterocycles. The molecule has 8 heteroatoms. The van der Waals surface area contributed by atoms with Gasteiger partial charge in [0.15, 0.2) is 0 Å². The van der Waals surface area contributed by atoms with Gasteiger partial charge < -0.3 is 36.9 Å². The Hall–Kier alpha value is 0.673. The molecule has 0 aromatic heterocycles. The van der Waals surface area contributed by atoms with Crippen LogP contribution < -0.4 is 0 Å². The molecule has 0 amide bonds. The zero-order valence-electron chi connectivity index (χ0n) is 4.20. The van der Waals surface area contributed by atoms with Crippen molar-refractivity contribution in [1.82, 2.24) is 0 Å². The minimum atomic E-state index is 0. The van der Waals surface area contributed by atoms with E-state index >= 15 is 0 Å². The Bertz CT molecular complexity index is 8.49. The van der Waals surface area contributed by atoms with E-state index in [1.54, 1.807) is 0 Å². The van der Waals surface area contributed by atoms with E-state index in [9.17, 15) is 0 Å². The molecule has 0 saturated carbocycles. The summed E-state index contributed by atoms with van der Waals surface area (Å²) >= 11 is 1.82. The first-order valence-corrected chi connectivity index (χ1v) is 2.37. The third-order valence-corrected chi connectivity index (χ3v) is 0. The Balaban J connectivity index is -0.000000000333. The Kier molecular flexibility index (Phi) is 17200. The summed E-state index contributed by atoms with van der Waals surface area (Å²) < 4.78 is 0. The molecular formula is H12ClN6Ru-4. The molecule has 61 valence electrons. The molecule has 0 heterocycles. The zero-order valence-corrected chi connectivity index (χ0v) is 6.69. The predicted octanol–water partition coefficient (Wildman–Crippen LogP) is 4.99. The minimum absolute atomic E-state index is 0. The summed E-state index contributed by atoms with van der Waals surface area (Å²) in [5.41, 5.74) is 0. The van der Waals surface area contributed by atoms with Crippen molar-refractivity contribution in [2.24, 2.45) is 0 Å². The zero-order chi connectivity index (χ0) is 2.00. The molecule has 0 unspecified atom stereocenters. The van der Waals surface area contributed by atoms with Gasteiger partial charge in [-0.15, -0.1) is 0 Å². The van der Waals surface area contributed by atoms with E-state index in [2.05, 4.69) is 9.69 Å². The molecule has 0 aromatic carbocycles. The van der Waals surface area contributed by atoms with Gasteiger partial charge >= 0.3 is 27.0 Å². The van der Waals surface area contributed by atoms with Crippen LogP contribution in [0.15, 0.2) is 0 Å². The number of nitrogens with two attached hydrogens (primary N) is 6. The molecule has 0 aliphatic carbocycles. The second-order valence-electron chi connectivity index (χ2n) is 0. The first kappa shape index (κ1) is 182. The van der Waals surface area contributed by atoms with Gasteiger partial charge in [-0.3, -0.25) is 0 Å². The van der Waals surface area contributed by atoms with Crippen LogP contribution >= 0.6 is 9.69 Å². The third-order valence-electron chi connectivity index (χ3n) is 0. The molecule has 0 rings (SSSR count). The molecule has 0 atom stereocenters. The summed E-state index contributed by atoms with van der Waals surface area (Å²) in [7, 11) is 4.57. The van der Waals surface area contributed by atoms with Crippen LogP contribution in [0.2, 0.25) is 0 Å². The van der Waals surface area contributed by atoms with E-state index in [1.807, 2.05) is 17.3 Å². The van der Waals surface area contributed by atoms with E-state index in [-0.39, 0.29) is 36.9 Å². The van der Waals surface area contributed by atoms with Gasteiger partial charge in [0, 0.05) is 0 Å². The smallest absolute Gasteiger partial charge is 0.693 e. The summed E-state index contributed by atoms with van der Waals surface area (Å²) in [6.07, 6.45) is 0. The van der Waals surface area contributed by atoms with E-state index in [1.165, 1.54) is 0 Å². The van der Waals surface area contributed by atoms with Gasteiger partial charge in [-0.05, 0) is 0 Å². The van der Waals surface area contributed by atoms with E-state index in [4.69, 9.17) is 0 Å². The van der Waals surface area contributed by atoms with Gasteiger partial charge in [-0.1, -0.05) is 0 Å². The van der Waals surface area contributed by atoms with Crippen molar-refractivity contribution >= 4 is 9.69 Å². The van der Waals surface area contributed by atoms with Crippen LogP contribution in [0.4, 0.5) is 0 Å². The Labute approximate surface area is 64.3 Å². The maximum atomic E-state index is 4.57. The third kappa shape index (κ3) is 474. The maximum absolute atomic E-state index is 4.57. The number of rotatable bonds is 0. The normalized spacial score (nSPS) is 0.625. The molecule has 12 N–H and O–H groups in total. The van der Waals surface area contributed by atoms with E-state index < -0.39 is 0 Å². The first-order chi connectivity index (χ1) is 1.00. The van der Waals surface area contributed by atoms with Crippen molar-refractivity contribution in [3.63, 3.8) is 0 Å². The van der Waals surface area contributed by atoms with Crippen molar-refractivity contribution in [2.45, 2.75) is 0 Å². The number of halogens is 1. The van der Waals surface area contributed by atoms with Gasteiger partial charge in [0.2, 0.25) is 0 Å². The molecule has 0 aliphatic rings. The van der Waals surface area contributed by atoms with Crippen LogP contribution in [0.5, 0.6) is 0 Å². The second kappa shape index (κ2) is 754. The Morgan fingerprint density at radius 2 is 0.500 bits per heavy atom. The number of hydrogen-bond donors (Lipinski definition) is 0. The predicted molar refractivity (Wildman–Crippen MR) is 37.6 cm³/mol. The molecule has 6 nitrogen and oxygen atoms in total. The van der Waals surface area contributed by atoms with Crippen molar-refractivity contribution < 1.29 is 17.3 Å². The van der Waals surface area contributed by atoms with Crippen LogP contribution in [0.3, 0.4) is 0 Å². The van der Waals surface area contributed by atoms with Crippen molar-refractivity contribution in [2.75, 3.05) is 0 Å². The summed E-state index contributed by atoms with van der Waals surface area (Å²) in [4.78, 5) is 0. The topological polar surface area (TPSA) is 201 Å². The second-order valence-corrected chi connectivity index (χ2v) is 0. The largest absolute Gasteiger partial charge is 0.693 e. The molecule has 0 bridgehead atoms. The summed E-state index contributed by atoms with van der Waals surface area (Å²) in [5.74, 6) is 0. The summed E-state index contributed by atoms with van der Waals surface area (Å²) in [6, 6.07) is 0.